The highest BCUT2D eigenvalue weighted by molar-refractivity contribution is 6.15. The van der Waals surface area contributed by atoms with Crippen molar-refractivity contribution in [2.24, 2.45) is 0 Å². The van der Waals surface area contributed by atoms with E-state index in [-0.39, 0.29) is 6.01 Å². The molecule has 2 N–H and O–H groups in total. The molecule has 1 aromatic carbocycles. The number of pyridine rings is 1. The Hall–Kier alpha value is -4.14. The van der Waals surface area contributed by atoms with Gasteiger partial charge in [-0.15, -0.1) is 0 Å². The molecule has 8 nitrogen and oxygen atoms in total. The molecule has 0 radical (unpaired) electrons. The Kier molecular flexibility index (Phi) is 4.43. The van der Waals surface area contributed by atoms with E-state index in [1.807, 2.05) is 26.1 Å². The van der Waals surface area contributed by atoms with Crippen molar-refractivity contribution in [3.63, 3.8) is 0 Å². The van der Waals surface area contributed by atoms with E-state index < -0.39 is 5.82 Å². The van der Waals surface area contributed by atoms with Gasteiger partial charge in [0.15, 0.2) is 5.75 Å². The van der Waals surface area contributed by atoms with Gasteiger partial charge in [0.05, 0.1) is 40.9 Å². The SMILES string of the molecule is CNc1cc(C)cc2c1[nH]c1nc(Oc3cnc(C)nc3)nc(-c3cncc(F)c3)c12. The zero-order chi connectivity index (χ0) is 21.5. The van der Waals surface area contributed by atoms with Gasteiger partial charge in [-0.3, -0.25) is 4.98 Å². The summed E-state index contributed by atoms with van der Waals surface area (Å²) in [6.07, 6.45) is 5.82. The average Bonchev–Trinajstić information content (AvgIpc) is 3.12. The first-order valence-corrected chi connectivity index (χ1v) is 9.61. The molecule has 0 saturated carbocycles. The number of H-pyrrole nitrogens is 1. The molecule has 5 rings (SSSR count). The van der Waals surface area contributed by atoms with Crippen LogP contribution in [-0.2, 0) is 0 Å². The highest BCUT2D eigenvalue weighted by atomic mass is 19.1. The minimum Gasteiger partial charge on any atom is -0.421 e. The smallest absolute Gasteiger partial charge is 0.324 e. The van der Waals surface area contributed by atoms with Crippen LogP contribution in [0.2, 0.25) is 0 Å². The van der Waals surface area contributed by atoms with Crippen LogP contribution in [0.1, 0.15) is 11.4 Å². The third kappa shape index (κ3) is 3.39. The van der Waals surface area contributed by atoms with E-state index in [2.05, 4.69) is 35.2 Å². The molecule has 5 aromatic rings. The van der Waals surface area contributed by atoms with Gasteiger partial charge in [0.1, 0.15) is 17.3 Å². The molecule has 31 heavy (non-hydrogen) atoms. The second-order valence-electron chi connectivity index (χ2n) is 7.15. The first kappa shape index (κ1) is 18.9. The van der Waals surface area contributed by atoms with Gasteiger partial charge >= 0.3 is 6.01 Å². The normalized spacial score (nSPS) is 11.2. The van der Waals surface area contributed by atoms with Crippen LogP contribution in [0.25, 0.3) is 33.2 Å². The van der Waals surface area contributed by atoms with Crippen LogP contribution in [0.3, 0.4) is 0 Å². The van der Waals surface area contributed by atoms with Crippen molar-refractivity contribution in [3.05, 3.63) is 60.2 Å². The number of hydrogen-bond donors (Lipinski definition) is 2. The third-order valence-electron chi connectivity index (χ3n) is 4.90. The lowest BCUT2D eigenvalue weighted by molar-refractivity contribution is 0.440. The highest BCUT2D eigenvalue weighted by Crippen LogP contribution is 2.37. The van der Waals surface area contributed by atoms with Gasteiger partial charge in [-0.05, 0) is 37.6 Å². The number of benzene rings is 1. The zero-order valence-corrected chi connectivity index (χ0v) is 17.1. The molecule has 4 aromatic heterocycles. The molecule has 0 saturated heterocycles. The number of rotatable bonds is 4. The van der Waals surface area contributed by atoms with Crippen LogP contribution in [0.15, 0.2) is 43.0 Å². The van der Waals surface area contributed by atoms with Gasteiger partial charge in [0.25, 0.3) is 0 Å². The van der Waals surface area contributed by atoms with Crippen molar-refractivity contribution in [1.29, 1.82) is 0 Å². The van der Waals surface area contributed by atoms with Crippen molar-refractivity contribution in [3.8, 4) is 23.0 Å². The van der Waals surface area contributed by atoms with E-state index >= 15 is 0 Å². The molecule has 0 spiro atoms. The lowest BCUT2D eigenvalue weighted by Gasteiger charge is -2.08. The molecule has 0 aliphatic heterocycles. The molecule has 154 valence electrons. The maximum atomic E-state index is 14.0. The number of fused-ring (bicyclic) bond motifs is 3. The molecule has 0 bridgehead atoms. The number of aryl methyl sites for hydroxylation is 2. The Bertz CT molecular complexity index is 1430. The molecule has 0 aliphatic carbocycles. The Morgan fingerprint density at radius 3 is 2.55 bits per heavy atom. The Morgan fingerprint density at radius 1 is 1.00 bits per heavy atom. The molecule has 0 amide bonds. The van der Waals surface area contributed by atoms with Crippen molar-refractivity contribution >= 4 is 27.6 Å². The van der Waals surface area contributed by atoms with Gasteiger partial charge in [-0.2, -0.15) is 9.97 Å². The molecule has 0 fully saturated rings. The number of aromatic amines is 1. The van der Waals surface area contributed by atoms with Gasteiger partial charge in [-0.25, -0.2) is 14.4 Å². The number of aromatic nitrogens is 6. The fourth-order valence-corrected chi connectivity index (χ4v) is 3.55. The zero-order valence-electron chi connectivity index (χ0n) is 17.1. The summed E-state index contributed by atoms with van der Waals surface area (Å²) in [5, 5.41) is 4.88. The number of hydrogen-bond acceptors (Lipinski definition) is 7. The van der Waals surface area contributed by atoms with E-state index in [1.54, 1.807) is 25.5 Å². The third-order valence-corrected chi connectivity index (χ3v) is 4.90. The highest BCUT2D eigenvalue weighted by Gasteiger charge is 2.19. The number of anilines is 1. The van der Waals surface area contributed by atoms with Gasteiger partial charge in [0.2, 0.25) is 0 Å². The summed E-state index contributed by atoms with van der Waals surface area (Å²) < 4.78 is 19.8. The van der Waals surface area contributed by atoms with Gasteiger partial charge in [0, 0.05) is 24.2 Å². The number of nitrogens with zero attached hydrogens (tertiary/aromatic N) is 5. The summed E-state index contributed by atoms with van der Waals surface area (Å²) >= 11 is 0. The molecule has 0 aliphatic rings. The predicted molar refractivity (Wildman–Crippen MR) is 116 cm³/mol. The topological polar surface area (TPSA) is 102 Å². The molecule has 4 heterocycles. The molecule has 0 unspecified atom stereocenters. The van der Waals surface area contributed by atoms with Crippen molar-refractivity contribution in [2.75, 3.05) is 12.4 Å². The van der Waals surface area contributed by atoms with Crippen molar-refractivity contribution in [1.82, 2.24) is 29.9 Å². The standard InChI is InChI=1S/C22H18FN7O/c1-11-4-16-18-19(13-6-14(23)8-25-7-13)29-22(31-15-9-26-12(2)27-10-15)30-21(18)28-20(16)17(5-11)24-3/h4-10,24H,1-3H3,(H,28,29,30). The average molecular weight is 415 g/mol. The predicted octanol–water partition coefficient (Wildman–Crippen LogP) is 4.55. The summed E-state index contributed by atoms with van der Waals surface area (Å²) in [6.45, 7) is 3.80. The van der Waals surface area contributed by atoms with E-state index in [0.717, 1.165) is 33.7 Å². The van der Waals surface area contributed by atoms with E-state index in [1.165, 1.54) is 6.07 Å². The largest absolute Gasteiger partial charge is 0.421 e. The minimum atomic E-state index is -0.453. The summed E-state index contributed by atoms with van der Waals surface area (Å²) in [6, 6.07) is 5.56. The van der Waals surface area contributed by atoms with Crippen LogP contribution >= 0.6 is 0 Å². The molecular formula is C22H18FN7O. The van der Waals surface area contributed by atoms with Gasteiger partial charge in [-0.1, -0.05) is 0 Å². The fourth-order valence-electron chi connectivity index (χ4n) is 3.55. The minimum absolute atomic E-state index is 0.0912. The second-order valence-corrected chi connectivity index (χ2v) is 7.15. The van der Waals surface area contributed by atoms with E-state index in [9.17, 15) is 4.39 Å². The first-order chi connectivity index (χ1) is 15.0. The number of ether oxygens (including phenoxy) is 1. The summed E-state index contributed by atoms with van der Waals surface area (Å²) in [5.74, 6) is 0.572. The second kappa shape index (κ2) is 7.28. The maximum Gasteiger partial charge on any atom is 0.324 e. The number of halogens is 1. The van der Waals surface area contributed by atoms with E-state index in [0.29, 0.717) is 28.5 Å². The van der Waals surface area contributed by atoms with Crippen LogP contribution in [0.4, 0.5) is 10.1 Å². The first-order valence-electron chi connectivity index (χ1n) is 9.61. The molecular weight excluding hydrogens is 397 g/mol. The lowest BCUT2D eigenvalue weighted by atomic mass is 10.1. The van der Waals surface area contributed by atoms with Gasteiger partial charge < -0.3 is 15.0 Å². The Labute approximate surface area is 176 Å². The Morgan fingerprint density at radius 2 is 1.81 bits per heavy atom. The summed E-state index contributed by atoms with van der Waals surface area (Å²) in [7, 11) is 1.86. The quantitative estimate of drug-likeness (QED) is 0.444. The summed E-state index contributed by atoms with van der Waals surface area (Å²) in [5.41, 5.74) is 4.46. The van der Waals surface area contributed by atoms with Crippen molar-refractivity contribution in [2.45, 2.75) is 13.8 Å². The van der Waals surface area contributed by atoms with Crippen LogP contribution in [0, 0.1) is 19.7 Å². The summed E-state index contributed by atoms with van der Waals surface area (Å²) in [4.78, 5) is 24.8. The lowest BCUT2D eigenvalue weighted by Crippen LogP contribution is -1.97. The van der Waals surface area contributed by atoms with Crippen LogP contribution < -0.4 is 10.1 Å². The van der Waals surface area contributed by atoms with Crippen LogP contribution in [-0.4, -0.2) is 37.0 Å². The fraction of sp³-hybridized carbons (Fsp3) is 0.136. The van der Waals surface area contributed by atoms with Crippen LogP contribution in [0.5, 0.6) is 11.8 Å². The monoisotopic (exact) mass is 415 g/mol. The van der Waals surface area contributed by atoms with E-state index in [4.69, 9.17) is 4.74 Å². The number of nitrogens with one attached hydrogen (secondary N) is 2. The van der Waals surface area contributed by atoms with Crippen molar-refractivity contribution < 1.29 is 9.13 Å². The maximum absolute atomic E-state index is 14.0. The molecule has 0 atom stereocenters. The molecule has 9 heteroatoms. The Balaban J connectivity index is 1.79.